The van der Waals surface area contributed by atoms with E-state index in [0.29, 0.717) is 0 Å². The molecule has 0 aromatic heterocycles. The first-order chi connectivity index (χ1) is 1.91. The molecular weight excluding hydrogens is 56.0 g/mol. The Morgan fingerprint density at radius 3 is 2.25 bits per heavy atom. The molecule has 3 nitrogen and oxygen atoms in total. The van der Waals surface area contributed by atoms with Gasteiger partial charge in [-0.05, 0) is 0 Å². The van der Waals surface area contributed by atoms with E-state index in [4.69, 9.17) is 4.91 Å². The third-order valence-corrected chi connectivity index (χ3v) is 0.0745. The molecule has 24 valence electrons. The van der Waals surface area contributed by atoms with E-state index in [1.807, 2.05) is 0 Å². The highest BCUT2D eigenvalue weighted by Crippen LogP contribution is 1.40. The number of hydrogen-bond acceptors (Lipinski definition) is 3. The molecule has 0 aliphatic rings. The van der Waals surface area contributed by atoms with Gasteiger partial charge in [-0.1, -0.05) is 5.18 Å². The van der Waals surface area contributed by atoms with Gasteiger partial charge in [-0.3, -0.25) is 0 Å². The molecule has 0 heterocycles. The predicted molar refractivity (Wildman–Crippen MR) is 14.8 cm³/mol. The second-order valence-electron chi connectivity index (χ2n) is 0.312. The molecule has 0 fully saturated rings. The Bertz CT molecular complexity index is 20.0. The van der Waals surface area contributed by atoms with E-state index in [2.05, 4.69) is 10.9 Å². The summed E-state index contributed by atoms with van der Waals surface area (Å²) in [6.07, 6.45) is 0. The summed E-state index contributed by atoms with van der Waals surface area (Å²) < 4.78 is 0. The topological polar surface area (TPSA) is 55.4 Å². The van der Waals surface area contributed by atoms with E-state index in [1.54, 1.807) is 0 Å². The van der Waals surface area contributed by atoms with Crippen LogP contribution in [0.5, 0.6) is 0 Å². The molecule has 0 bridgehead atoms. The fourth-order valence-corrected chi connectivity index (χ4v) is 0. The Balaban J connectivity index is 2.30. The van der Waals surface area contributed by atoms with Crippen LogP contribution in [-0.2, 0) is 0 Å². The Kier molecular flexibility index (Phi) is 2.28. The zero-order chi connectivity index (χ0) is 3.41. The molecule has 0 rings (SSSR count). The number of nitrogens with zero attached hydrogens (tertiary/aromatic N) is 1. The van der Waals surface area contributed by atoms with Crippen molar-refractivity contribution in [1.82, 2.24) is 0 Å². The summed E-state index contributed by atoms with van der Waals surface area (Å²) in [5.74, 6) is 0. The SMILES string of the molecule is NCN=O. The molecule has 0 aliphatic heterocycles. The first kappa shape index (κ1) is 3.56. The van der Waals surface area contributed by atoms with Gasteiger partial charge in [0.1, 0.15) is 6.67 Å². The Hall–Kier alpha value is -0.440. The van der Waals surface area contributed by atoms with Gasteiger partial charge in [0.25, 0.3) is 0 Å². The summed E-state index contributed by atoms with van der Waals surface area (Å²) in [4.78, 5) is 8.80. The van der Waals surface area contributed by atoms with Gasteiger partial charge in [-0.2, -0.15) is 0 Å². The smallest absolute Gasteiger partial charge is 0.129 e. The molecule has 0 spiro atoms. The minimum Gasteiger partial charge on any atom is -0.309 e. The zero-order valence-corrected chi connectivity index (χ0v) is 2.14. The third kappa shape index (κ3) is 1.56. The van der Waals surface area contributed by atoms with Gasteiger partial charge < -0.3 is 5.73 Å². The normalized spacial score (nSPS) is 6.25. The van der Waals surface area contributed by atoms with Crippen LogP contribution in [0.15, 0.2) is 5.18 Å². The number of hydrogen-bond donors (Lipinski definition) is 1. The van der Waals surface area contributed by atoms with Gasteiger partial charge >= 0.3 is 0 Å². The molecule has 0 aliphatic carbocycles. The van der Waals surface area contributed by atoms with Crippen molar-refractivity contribution in [2.75, 3.05) is 6.67 Å². The molecule has 0 aromatic carbocycles. The van der Waals surface area contributed by atoms with Crippen molar-refractivity contribution < 1.29 is 0 Å². The fourth-order valence-electron chi connectivity index (χ4n) is 0. The third-order valence-electron chi connectivity index (χ3n) is 0.0745. The standard InChI is InChI=1S/CH4N2O/c2-1-3-4/h1-2H2. The first-order valence-corrected chi connectivity index (χ1v) is 0.907. The maximum atomic E-state index is 8.80. The van der Waals surface area contributed by atoms with Crippen LogP contribution in [0.3, 0.4) is 0 Å². The number of rotatable bonds is 1. The van der Waals surface area contributed by atoms with Crippen LogP contribution >= 0.6 is 0 Å². The van der Waals surface area contributed by atoms with Gasteiger partial charge in [0.05, 0.1) is 0 Å². The Labute approximate surface area is 23.8 Å². The van der Waals surface area contributed by atoms with Crippen molar-refractivity contribution in [1.29, 1.82) is 0 Å². The average molecular weight is 60.1 g/mol. The monoisotopic (exact) mass is 60.0 g/mol. The minimum atomic E-state index is -0.111. The van der Waals surface area contributed by atoms with E-state index in [1.165, 1.54) is 0 Å². The molecule has 0 saturated heterocycles. The summed E-state index contributed by atoms with van der Waals surface area (Å²) in [6, 6.07) is 0. The van der Waals surface area contributed by atoms with Crippen LogP contribution in [0, 0.1) is 4.91 Å². The minimum absolute atomic E-state index is 0.111. The van der Waals surface area contributed by atoms with Gasteiger partial charge in [0.2, 0.25) is 0 Å². The highest BCUT2D eigenvalue weighted by atomic mass is 16.3. The van der Waals surface area contributed by atoms with Gasteiger partial charge in [-0.15, -0.1) is 4.91 Å². The second kappa shape index (κ2) is 2.56. The summed E-state index contributed by atoms with van der Waals surface area (Å²) in [7, 11) is 0. The van der Waals surface area contributed by atoms with Crippen LogP contribution in [0.2, 0.25) is 0 Å². The van der Waals surface area contributed by atoms with Crippen LogP contribution < -0.4 is 5.73 Å². The van der Waals surface area contributed by atoms with Crippen molar-refractivity contribution in [3.05, 3.63) is 4.91 Å². The lowest BCUT2D eigenvalue weighted by Crippen LogP contribution is -1.89. The number of nitrogens with two attached hydrogens (primary N) is 1. The summed E-state index contributed by atoms with van der Waals surface area (Å²) in [6.45, 7) is -0.111. The molecule has 4 heavy (non-hydrogen) atoms. The van der Waals surface area contributed by atoms with Crippen molar-refractivity contribution in [3.63, 3.8) is 0 Å². The first-order valence-electron chi connectivity index (χ1n) is 0.907. The lowest BCUT2D eigenvalue weighted by molar-refractivity contribution is 1.06. The average Bonchev–Trinajstić information content (AvgIpc) is 1.37. The largest absolute Gasteiger partial charge is 0.309 e. The Morgan fingerprint density at radius 2 is 2.25 bits per heavy atom. The maximum Gasteiger partial charge on any atom is 0.129 e. The van der Waals surface area contributed by atoms with Gasteiger partial charge in [0.15, 0.2) is 0 Å². The van der Waals surface area contributed by atoms with E-state index >= 15 is 0 Å². The van der Waals surface area contributed by atoms with Crippen molar-refractivity contribution in [2.45, 2.75) is 0 Å². The van der Waals surface area contributed by atoms with E-state index in [0.717, 1.165) is 0 Å². The summed E-state index contributed by atoms with van der Waals surface area (Å²) in [5.41, 5.74) is 4.55. The van der Waals surface area contributed by atoms with Crippen molar-refractivity contribution in [2.24, 2.45) is 10.9 Å². The van der Waals surface area contributed by atoms with Gasteiger partial charge in [-0.25, -0.2) is 0 Å². The molecule has 0 saturated carbocycles. The molecule has 0 amide bonds. The van der Waals surface area contributed by atoms with Crippen molar-refractivity contribution in [3.8, 4) is 0 Å². The lowest BCUT2D eigenvalue weighted by atomic mass is 11.3. The zero-order valence-electron chi connectivity index (χ0n) is 2.14. The summed E-state index contributed by atoms with van der Waals surface area (Å²) >= 11 is 0. The highest BCUT2D eigenvalue weighted by molar-refractivity contribution is 4.17. The number of nitroso groups, excluding NO2 is 1. The predicted octanol–water partition coefficient (Wildman–Crippen LogP) is -0.331. The van der Waals surface area contributed by atoms with Crippen molar-refractivity contribution >= 4 is 0 Å². The van der Waals surface area contributed by atoms with E-state index in [-0.39, 0.29) is 6.67 Å². The van der Waals surface area contributed by atoms with Crippen LogP contribution in [0.4, 0.5) is 0 Å². The fraction of sp³-hybridized carbons (Fsp3) is 1.00. The molecule has 0 unspecified atom stereocenters. The summed E-state index contributed by atoms with van der Waals surface area (Å²) in [5, 5.41) is 2.26. The highest BCUT2D eigenvalue weighted by Gasteiger charge is 1.49. The van der Waals surface area contributed by atoms with Crippen LogP contribution in [0.25, 0.3) is 0 Å². The molecule has 2 N–H and O–H groups in total. The van der Waals surface area contributed by atoms with E-state index in [9.17, 15) is 0 Å². The molecule has 0 atom stereocenters. The van der Waals surface area contributed by atoms with E-state index < -0.39 is 0 Å². The Morgan fingerprint density at radius 1 is 2.00 bits per heavy atom. The van der Waals surface area contributed by atoms with Crippen LogP contribution in [0.1, 0.15) is 0 Å². The molecule has 3 heteroatoms. The van der Waals surface area contributed by atoms with Crippen LogP contribution in [-0.4, -0.2) is 6.67 Å². The lowest BCUT2D eigenvalue weighted by Gasteiger charge is -1.55. The molecular formula is CH4N2O. The second-order valence-corrected chi connectivity index (χ2v) is 0.312. The quantitative estimate of drug-likeness (QED) is 0.421. The van der Waals surface area contributed by atoms with Gasteiger partial charge in [0, 0.05) is 0 Å². The maximum absolute atomic E-state index is 8.80. The molecule has 0 aromatic rings. The molecule has 0 radical (unpaired) electrons.